The first-order valence-corrected chi connectivity index (χ1v) is 7.84. The van der Waals surface area contributed by atoms with Crippen molar-refractivity contribution in [2.24, 2.45) is 11.7 Å². The number of nitrogens with one attached hydrogen (secondary N) is 1. The second-order valence-electron chi connectivity index (χ2n) is 6.08. The fraction of sp³-hybridized carbons (Fsp3) is 0.588. The molecule has 0 bridgehead atoms. The molecule has 3 N–H and O–H groups in total. The number of carbonyl (C=O) groups is 1. The van der Waals surface area contributed by atoms with Crippen LogP contribution < -0.4 is 15.8 Å². The zero-order valence-electron chi connectivity index (χ0n) is 13.0. The second kappa shape index (κ2) is 6.94. The van der Waals surface area contributed by atoms with Crippen LogP contribution in [0.3, 0.4) is 0 Å². The average Bonchev–Trinajstić information content (AvgIpc) is 3.33. The van der Waals surface area contributed by atoms with Crippen LogP contribution in [0.1, 0.15) is 49.9 Å². The molecule has 4 heteroatoms. The van der Waals surface area contributed by atoms with Crippen molar-refractivity contribution < 1.29 is 9.53 Å². The van der Waals surface area contributed by atoms with E-state index in [9.17, 15) is 4.79 Å². The van der Waals surface area contributed by atoms with Gasteiger partial charge in [0.25, 0.3) is 5.91 Å². The number of hydrogen-bond acceptors (Lipinski definition) is 3. The highest BCUT2D eigenvalue weighted by Crippen LogP contribution is 2.39. The van der Waals surface area contributed by atoms with Crippen LogP contribution in [0.2, 0.25) is 0 Å². The zero-order valence-corrected chi connectivity index (χ0v) is 13.0. The summed E-state index contributed by atoms with van der Waals surface area (Å²) < 4.78 is 5.60. The summed E-state index contributed by atoms with van der Waals surface area (Å²) in [5.74, 6) is 1.27. The monoisotopic (exact) mass is 290 g/mol. The number of benzene rings is 1. The van der Waals surface area contributed by atoms with Gasteiger partial charge < -0.3 is 15.8 Å². The molecule has 1 aromatic carbocycles. The largest absolute Gasteiger partial charge is 0.494 e. The van der Waals surface area contributed by atoms with Crippen molar-refractivity contribution in [2.45, 2.75) is 45.1 Å². The van der Waals surface area contributed by atoms with Crippen LogP contribution in [0.25, 0.3) is 0 Å². The van der Waals surface area contributed by atoms with Gasteiger partial charge >= 0.3 is 0 Å². The van der Waals surface area contributed by atoms with Gasteiger partial charge in [0.1, 0.15) is 5.75 Å². The van der Waals surface area contributed by atoms with Crippen LogP contribution in [0.15, 0.2) is 24.3 Å². The lowest BCUT2D eigenvalue weighted by molar-refractivity contribution is 0.0898. The van der Waals surface area contributed by atoms with E-state index in [1.165, 1.54) is 0 Å². The Labute approximate surface area is 127 Å². The maximum atomic E-state index is 12.3. The van der Waals surface area contributed by atoms with E-state index in [0.29, 0.717) is 18.0 Å². The van der Waals surface area contributed by atoms with Gasteiger partial charge in [-0.2, -0.15) is 0 Å². The highest BCUT2D eigenvalue weighted by molar-refractivity contribution is 5.94. The molecule has 0 aliphatic heterocycles. The molecule has 0 spiro atoms. The number of unbranched alkanes of at least 4 members (excludes halogenated alkanes) is 1. The molecule has 1 atom stereocenters. The molecule has 4 nitrogen and oxygen atoms in total. The van der Waals surface area contributed by atoms with Crippen molar-refractivity contribution >= 4 is 5.91 Å². The van der Waals surface area contributed by atoms with E-state index in [1.54, 1.807) is 12.1 Å². The zero-order chi connectivity index (χ0) is 15.3. The Hall–Kier alpha value is -1.55. The highest BCUT2D eigenvalue weighted by atomic mass is 16.5. The van der Waals surface area contributed by atoms with Crippen molar-refractivity contribution in [3.8, 4) is 5.75 Å². The lowest BCUT2D eigenvalue weighted by atomic mass is 9.95. The van der Waals surface area contributed by atoms with Gasteiger partial charge in [0.05, 0.1) is 12.1 Å². The summed E-state index contributed by atoms with van der Waals surface area (Å²) >= 11 is 0. The second-order valence-corrected chi connectivity index (χ2v) is 6.08. The Morgan fingerprint density at radius 1 is 1.38 bits per heavy atom. The Morgan fingerprint density at radius 2 is 2.05 bits per heavy atom. The average molecular weight is 290 g/mol. The predicted octanol–water partition coefficient (Wildman–Crippen LogP) is 2.72. The topological polar surface area (TPSA) is 64.3 Å². The minimum Gasteiger partial charge on any atom is -0.494 e. The lowest BCUT2D eigenvalue weighted by Gasteiger charge is -2.29. The summed E-state index contributed by atoms with van der Waals surface area (Å²) in [5, 5.41) is 3.09. The smallest absolute Gasteiger partial charge is 0.251 e. The first-order chi connectivity index (χ1) is 10.1. The SMILES string of the molecule is CCCCOc1ccc(C(=O)NC(C)(CN)C2CC2)cc1. The van der Waals surface area contributed by atoms with Crippen molar-refractivity contribution in [1.29, 1.82) is 0 Å². The maximum Gasteiger partial charge on any atom is 0.251 e. The number of amides is 1. The molecule has 0 heterocycles. The molecule has 1 unspecified atom stereocenters. The van der Waals surface area contributed by atoms with Crippen LogP contribution in [0.5, 0.6) is 5.75 Å². The molecule has 0 radical (unpaired) electrons. The predicted molar refractivity (Wildman–Crippen MR) is 84.5 cm³/mol. The number of nitrogens with two attached hydrogens (primary N) is 1. The van der Waals surface area contributed by atoms with Crippen molar-refractivity contribution in [3.05, 3.63) is 29.8 Å². The van der Waals surface area contributed by atoms with Gasteiger partial charge in [0.2, 0.25) is 0 Å². The first-order valence-electron chi connectivity index (χ1n) is 7.84. The van der Waals surface area contributed by atoms with E-state index in [-0.39, 0.29) is 11.4 Å². The molecule has 21 heavy (non-hydrogen) atoms. The van der Waals surface area contributed by atoms with E-state index in [0.717, 1.165) is 38.0 Å². The summed E-state index contributed by atoms with van der Waals surface area (Å²) in [6.45, 7) is 5.35. The number of ether oxygens (including phenoxy) is 1. The molecule has 1 amide bonds. The van der Waals surface area contributed by atoms with Crippen LogP contribution >= 0.6 is 0 Å². The Morgan fingerprint density at radius 3 is 2.57 bits per heavy atom. The molecule has 116 valence electrons. The first kappa shape index (κ1) is 15.8. The number of carbonyl (C=O) groups excluding carboxylic acids is 1. The summed E-state index contributed by atoms with van der Waals surface area (Å²) in [6, 6.07) is 7.31. The highest BCUT2D eigenvalue weighted by Gasteiger charge is 2.41. The van der Waals surface area contributed by atoms with E-state index < -0.39 is 0 Å². The van der Waals surface area contributed by atoms with Crippen LogP contribution in [-0.2, 0) is 0 Å². The summed E-state index contributed by atoms with van der Waals surface area (Å²) in [7, 11) is 0. The quantitative estimate of drug-likeness (QED) is 0.724. The van der Waals surface area contributed by atoms with Gasteiger partial charge in [-0.05, 0) is 56.4 Å². The summed E-state index contributed by atoms with van der Waals surface area (Å²) in [4.78, 5) is 12.3. The number of rotatable bonds is 8. The van der Waals surface area contributed by atoms with Crippen LogP contribution in [0, 0.1) is 5.92 Å². The minimum atomic E-state index is -0.284. The van der Waals surface area contributed by atoms with Crippen molar-refractivity contribution in [3.63, 3.8) is 0 Å². The third-order valence-electron chi connectivity index (χ3n) is 4.18. The van der Waals surface area contributed by atoms with Gasteiger partial charge in [-0.1, -0.05) is 13.3 Å². The van der Waals surface area contributed by atoms with Crippen LogP contribution in [0.4, 0.5) is 0 Å². The van der Waals surface area contributed by atoms with Crippen molar-refractivity contribution in [1.82, 2.24) is 5.32 Å². The molecular formula is C17H26N2O2. The Balaban J connectivity index is 1.93. The number of hydrogen-bond donors (Lipinski definition) is 2. The van der Waals surface area contributed by atoms with E-state index in [2.05, 4.69) is 12.2 Å². The molecule has 1 saturated carbocycles. The van der Waals surface area contributed by atoms with Gasteiger partial charge in [-0.25, -0.2) is 0 Å². The lowest BCUT2D eigenvalue weighted by Crippen LogP contribution is -2.53. The fourth-order valence-corrected chi connectivity index (χ4v) is 2.41. The Kier molecular flexibility index (Phi) is 5.23. The molecule has 1 fully saturated rings. The molecular weight excluding hydrogens is 264 g/mol. The summed E-state index contributed by atoms with van der Waals surface area (Å²) in [6.07, 6.45) is 4.45. The van der Waals surface area contributed by atoms with E-state index >= 15 is 0 Å². The van der Waals surface area contributed by atoms with E-state index in [4.69, 9.17) is 10.5 Å². The minimum absolute atomic E-state index is 0.0602. The van der Waals surface area contributed by atoms with Gasteiger partial charge in [-0.15, -0.1) is 0 Å². The molecule has 0 aromatic heterocycles. The van der Waals surface area contributed by atoms with Gasteiger partial charge in [-0.3, -0.25) is 4.79 Å². The summed E-state index contributed by atoms with van der Waals surface area (Å²) in [5.41, 5.74) is 6.20. The third kappa shape index (κ3) is 4.21. The molecule has 1 aliphatic rings. The van der Waals surface area contributed by atoms with Crippen LogP contribution in [-0.4, -0.2) is 24.6 Å². The molecule has 1 aliphatic carbocycles. The standard InChI is InChI=1S/C17H26N2O2/c1-3-4-11-21-15-9-5-13(6-10-15)16(20)19-17(2,12-18)14-7-8-14/h5-6,9-10,14H,3-4,7-8,11-12,18H2,1-2H3,(H,19,20). The third-order valence-corrected chi connectivity index (χ3v) is 4.18. The fourth-order valence-electron chi connectivity index (χ4n) is 2.41. The molecule has 2 rings (SSSR count). The molecule has 0 saturated heterocycles. The molecule has 1 aromatic rings. The van der Waals surface area contributed by atoms with E-state index in [1.807, 2.05) is 19.1 Å². The van der Waals surface area contributed by atoms with Gasteiger partial charge in [0, 0.05) is 12.1 Å². The maximum absolute atomic E-state index is 12.3. The normalized spacial score (nSPS) is 17.1. The Bertz CT molecular complexity index is 468. The van der Waals surface area contributed by atoms with Crippen molar-refractivity contribution in [2.75, 3.05) is 13.2 Å². The van der Waals surface area contributed by atoms with Gasteiger partial charge in [0.15, 0.2) is 0 Å².